The number of hydrogen-bond donors (Lipinski definition) is 0. The van der Waals surface area contributed by atoms with Gasteiger partial charge in [0, 0.05) is 26.2 Å². The molecular weight excluding hydrogens is 510 g/mol. The summed E-state index contributed by atoms with van der Waals surface area (Å²) < 4.78 is 29.0. The summed E-state index contributed by atoms with van der Waals surface area (Å²) in [6, 6.07) is 5.16. The van der Waals surface area contributed by atoms with Gasteiger partial charge in [-0.1, -0.05) is 58.8 Å². The zero-order chi connectivity index (χ0) is 28.2. The molecule has 2 atom stereocenters. The minimum Gasteiger partial charge on any atom is -0.300 e. The van der Waals surface area contributed by atoms with E-state index in [2.05, 4.69) is 18.7 Å². The van der Waals surface area contributed by atoms with Gasteiger partial charge in [0.05, 0.1) is 21.6 Å². The molecule has 7 nitrogen and oxygen atoms in total. The third kappa shape index (κ3) is 7.43. The number of likely N-dealkylation sites (tertiary alicyclic amines) is 1. The van der Waals surface area contributed by atoms with Crippen LogP contribution >= 0.6 is 0 Å². The molecule has 1 aromatic heterocycles. The van der Waals surface area contributed by atoms with Gasteiger partial charge in [0.1, 0.15) is 0 Å². The third-order valence-corrected chi connectivity index (χ3v) is 11.2. The van der Waals surface area contributed by atoms with Crippen molar-refractivity contribution in [3.05, 3.63) is 39.0 Å². The Balaban J connectivity index is 1.45. The molecule has 0 spiro atoms. The van der Waals surface area contributed by atoms with Gasteiger partial charge >= 0.3 is 5.69 Å². The lowest BCUT2D eigenvalue weighted by Crippen LogP contribution is -2.46. The predicted octanol–water partition coefficient (Wildman–Crippen LogP) is 5.52. The summed E-state index contributed by atoms with van der Waals surface area (Å²) >= 11 is 0. The summed E-state index contributed by atoms with van der Waals surface area (Å²) in [5, 5.41) is 0.305. The molecule has 1 aliphatic carbocycles. The highest BCUT2D eigenvalue weighted by atomic mass is 32.2. The van der Waals surface area contributed by atoms with Gasteiger partial charge in [-0.2, -0.15) is 0 Å². The van der Waals surface area contributed by atoms with Crippen LogP contribution in [0.5, 0.6) is 0 Å². The van der Waals surface area contributed by atoms with Gasteiger partial charge < -0.3 is 4.90 Å². The number of fused-ring (bicyclic) bond motifs is 1. The van der Waals surface area contributed by atoms with E-state index in [1.54, 1.807) is 13.1 Å². The zero-order valence-corrected chi connectivity index (χ0v) is 25.4. The molecule has 2 unspecified atom stereocenters. The summed E-state index contributed by atoms with van der Waals surface area (Å²) in [5.41, 5.74) is -0.389. The molecule has 0 amide bonds. The van der Waals surface area contributed by atoms with Gasteiger partial charge in [-0.3, -0.25) is 13.9 Å². The average Bonchev–Trinajstić information content (AvgIpc) is 3.63. The maximum Gasteiger partial charge on any atom is 0.331 e. The summed E-state index contributed by atoms with van der Waals surface area (Å²) in [4.78, 5) is 29.5. The van der Waals surface area contributed by atoms with Crippen LogP contribution in [0.4, 0.5) is 0 Å². The fourth-order valence-electron chi connectivity index (χ4n) is 6.18. The van der Waals surface area contributed by atoms with Crippen LogP contribution in [0, 0.1) is 11.3 Å². The van der Waals surface area contributed by atoms with Crippen molar-refractivity contribution in [2.24, 2.45) is 18.4 Å². The van der Waals surface area contributed by atoms with Gasteiger partial charge in [0.2, 0.25) is 0 Å². The predicted molar refractivity (Wildman–Crippen MR) is 159 cm³/mol. The van der Waals surface area contributed by atoms with E-state index >= 15 is 0 Å². The van der Waals surface area contributed by atoms with Crippen molar-refractivity contribution in [3.8, 4) is 0 Å². The van der Waals surface area contributed by atoms with Gasteiger partial charge in [-0.25, -0.2) is 13.2 Å². The molecule has 1 saturated heterocycles. The minimum atomic E-state index is -3.50. The Hall–Kier alpha value is -1.93. The fourth-order valence-corrected chi connectivity index (χ4v) is 8.13. The van der Waals surface area contributed by atoms with Crippen LogP contribution in [-0.2, 0) is 23.4 Å². The van der Waals surface area contributed by atoms with Crippen LogP contribution in [0.15, 0.2) is 32.7 Å². The van der Waals surface area contributed by atoms with E-state index in [0.29, 0.717) is 23.5 Å². The zero-order valence-electron chi connectivity index (χ0n) is 24.6. The standard InChI is InChI=1S/C31H49N3O4S/c1-5-6-7-8-9-10-11-12-19-33-21-25(14-13-24(33)2)22-34-29(35)27-20-26(15-16-28(27)32(4)30(34)36)39(37,38)23-31(3)17-18-31/h15-16,20,24-25H,5-14,17-19,21-23H2,1-4H3. The molecule has 2 aromatic rings. The Labute approximate surface area is 234 Å². The number of unbranched alkanes of at least 4 members (excludes halogenated alkanes) is 7. The molecule has 0 radical (unpaired) electrons. The van der Waals surface area contributed by atoms with E-state index < -0.39 is 9.84 Å². The van der Waals surface area contributed by atoms with Gasteiger partial charge in [0.25, 0.3) is 5.56 Å². The largest absolute Gasteiger partial charge is 0.331 e. The maximum atomic E-state index is 13.6. The fraction of sp³-hybridized carbons (Fsp3) is 0.742. The molecule has 2 heterocycles. The molecule has 1 aliphatic heterocycles. The van der Waals surface area contributed by atoms with E-state index in [4.69, 9.17) is 0 Å². The first-order valence-corrected chi connectivity index (χ1v) is 16.9. The van der Waals surface area contributed by atoms with Gasteiger partial charge in [-0.05, 0) is 75.1 Å². The number of hydrogen-bond acceptors (Lipinski definition) is 5. The number of benzene rings is 1. The van der Waals surface area contributed by atoms with E-state index in [9.17, 15) is 18.0 Å². The lowest BCUT2D eigenvalue weighted by Gasteiger charge is -2.38. The van der Waals surface area contributed by atoms with E-state index in [1.807, 2.05) is 6.92 Å². The number of sulfone groups is 1. The normalized spacial score (nSPS) is 21.4. The second kappa shape index (κ2) is 12.7. The summed E-state index contributed by atoms with van der Waals surface area (Å²) in [5.74, 6) is 0.320. The molecule has 4 rings (SSSR count). The van der Waals surface area contributed by atoms with E-state index in [0.717, 1.165) is 38.8 Å². The molecule has 8 heteroatoms. The van der Waals surface area contributed by atoms with Crippen molar-refractivity contribution in [2.45, 2.75) is 115 Å². The van der Waals surface area contributed by atoms with E-state index in [1.165, 1.54) is 72.6 Å². The number of nitrogens with zero attached hydrogens (tertiary/aromatic N) is 3. The lowest BCUT2D eigenvalue weighted by atomic mass is 9.93. The van der Waals surface area contributed by atoms with Gasteiger partial charge in [0.15, 0.2) is 9.84 Å². The smallest absolute Gasteiger partial charge is 0.300 e. The summed E-state index contributed by atoms with van der Waals surface area (Å²) in [6.07, 6.45) is 14.3. The molecular formula is C31H49N3O4S. The monoisotopic (exact) mass is 559 g/mol. The van der Waals surface area contributed by atoms with Crippen molar-refractivity contribution in [1.82, 2.24) is 14.0 Å². The van der Waals surface area contributed by atoms with Crippen LogP contribution in [0.2, 0.25) is 0 Å². The Kier molecular flexibility index (Phi) is 9.79. The molecule has 2 aliphatic rings. The number of aromatic nitrogens is 2. The Morgan fingerprint density at radius 3 is 2.31 bits per heavy atom. The molecule has 0 bridgehead atoms. The topological polar surface area (TPSA) is 81.4 Å². The second-order valence-corrected chi connectivity index (χ2v) is 14.8. The van der Waals surface area contributed by atoms with Crippen molar-refractivity contribution >= 4 is 20.7 Å². The van der Waals surface area contributed by atoms with E-state index in [-0.39, 0.29) is 33.2 Å². The minimum absolute atomic E-state index is 0.0976. The first-order valence-electron chi connectivity index (χ1n) is 15.2. The van der Waals surface area contributed by atoms with Crippen LogP contribution in [0.1, 0.15) is 97.8 Å². The SMILES string of the molecule is CCCCCCCCCCN1CC(Cn2c(=O)c3cc(S(=O)(=O)CC4(C)CC4)ccc3n(C)c2=O)CCC1C. The van der Waals surface area contributed by atoms with Crippen LogP contribution < -0.4 is 11.2 Å². The molecule has 1 aromatic carbocycles. The van der Waals surface area contributed by atoms with Crippen molar-refractivity contribution in [2.75, 3.05) is 18.8 Å². The van der Waals surface area contributed by atoms with Crippen LogP contribution in [0.3, 0.4) is 0 Å². The highest BCUT2D eigenvalue weighted by Crippen LogP contribution is 2.46. The first kappa shape index (κ1) is 30.0. The van der Waals surface area contributed by atoms with Crippen LogP contribution in [0.25, 0.3) is 10.9 Å². The number of aryl methyl sites for hydroxylation is 1. The lowest BCUT2D eigenvalue weighted by molar-refractivity contribution is 0.106. The molecule has 218 valence electrons. The summed E-state index contributed by atoms with van der Waals surface area (Å²) in [6.45, 7) is 8.85. The molecule has 39 heavy (non-hydrogen) atoms. The Morgan fingerprint density at radius 1 is 0.974 bits per heavy atom. The third-order valence-electron chi connectivity index (χ3n) is 9.17. The summed E-state index contributed by atoms with van der Waals surface area (Å²) in [7, 11) is -1.84. The second-order valence-electron chi connectivity index (χ2n) is 12.8. The highest BCUT2D eigenvalue weighted by molar-refractivity contribution is 7.91. The van der Waals surface area contributed by atoms with Crippen molar-refractivity contribution in [3.63, 3.8) is 0 Å². The average molecular weight is 560 g/mol. The van der Waals surface area contributed by atoms with Gasteiger partial charge in [-0.15, -0.1) is 0 Å². The first-order chi connectivity index (χ1) is 18.5. The maximum absolute atomic E-state index is 13.6. The number of rotatable bonds is 14. The van der Waals surface area contributed by atoms with Crippen molar-refractivity contribution < 1.29 is 8.42 Å². The Morgan fingerprint density at radius 2 is 1.64 bits per heavy atom. The van der Waals surface area contributed by atoms with Crippen molar-refractivity contribution in [1.29, 1.82) is 0 Å². The molecule has 1 saturated carbocycles. The van der Waals surface area contributed by atoms with Crippen LogP contribution in [-0.4, -0.2) is 47.3 Å². The highest BCUT2D eigenvalue weighted by Gasteiger charge is 2.42. The Bertz CT molecular complexity index is 1360. The molecule has 0 N–H and O–H groups in total. The quantitative estimate of drug-likeness (QED) is 0.285. The number of piperidine rings is 1. The molecule has 2 fully saturated rings.